The third-order valence-corrected chi connectivity index (χ3v) is 7.37. The summed E-state index contributed by atoms with van der Waals surface area (Å²) >= 11 is 0. The zero-order valence-electron chi connectivity index (χ0n) is 23.8. The van der Waals surface area contributed by atoms with Crippen molar-refractivity contribution in [2.24, 2.45) is 0 Å². The Hall–Kier alpha value is -0.610. The second-order valence-electron chi connectivity index (χ2n) is 10.9. The molecule has 0 heterocycles. The molecular weight excluding hydrogens is 434 g/mol. The summed E-state index contributed by atoms with van der Waals surface area (Å²) in [6, 6.07) is -0.524. The average molecular weight is 498 g/mol. The lowest BCUT2D eigenvalue weighted by Crippen LogP contribution is -2.45. The van der Waals surface area contributed by atoms with Crippen molar-refractivity contribution >= 4 is 5.91 Å². The van der Waals surface area contributed by atoms with Crippen LogP contribution in [0.5, 0.6) is 0 Å². The van der Waals surface area contributed by atoms with Crippen molar-refractivity contribution in [2.75, 3.05) is 6.61 Å². The third-order valence-electron chi connectivity index (χ3n) is 7.37. The van der Waals surface area contributed by atoms with Crippen LogP contribution in [-0.4, -0.2) is 34.9 Å². The van der Waals surface area contributed by atoms with Crippen LogP contribution >= 0.6 is 0 Å². The SMILES string of the molecule is CCCCCCCCCCCCCCCCCCCC(O)C(CO)NC(=O)CCCCCCCC. The number of unbranched alkanes of at least 4 members (excludes halogenated alkanes) is 21. The molecule has 35 heavy (non-hydrogen) atoms. The molecule has 0 fully saturated rings. The fraction of sp³-hybridized carbons (Fsp3) is 0.968. The van der Waals surface area contributed by atoms with Gasteiger partial charge in [0, 0.05) is 6.42 Å². The van der Waals surface area contributed by atoms with Crippen LogP contribution in [0.4, 0.5) is 0 Å². The maximum atomic E-state index is 12.1. The topological polar surface area (TPSA) is 69.6 Å². The maximum Gasteiger partial charge on any atom is 0.220 e. The molecule has 4 heteroatoms. The van der Waals surface area contributed by atoms with Gasteiger partial charge in [-0.25, -0.2) is 0 Å². The lowest BCUT2D eigenvalue weighted by atomic mass is 10.0. The number of amides is 1. The Bertz CT molecular complexity index is 429. The first kappa shape index (κ1) is 34.4. The molecule has 0 spiro atoms. The smallest absolute Gasteiger partial charge is 0.220 e. The standard InChI is InChI=1S/C31H63NO3/c1-3-5-7-9-11-12-13-14-15-16-17-18-19-20-21-22-24-26-30(34)29(28-33)32-31(35)27-25-23-10-8-6-4-2/h29-30,33-34H,3-28H2,1-2H3,(H,32,35). The highest BCUT2D eigenvalue weighted by atomic mass is 16.3. The molecule has 0 aliphatic rings. The van der Waals surface area contributed by atoms with Crippen LogP contribution in [0.15, 0.2) is 0 Å². The molecule has 4 nitrogen and oxygen atoms in total. The molecule has 0 aromatic carbocycles. The zero-order valence-corrected chi connectivity index (χ0v) is 23.8. The number of nitrogens with one attached hydrogen (secondary N) is 1. The monoisotopic (exact) mass is 497 g/mol. The largest absolute Gasteiger partial charge is 0.394 e. The normalized spacial score (nSPS) is 13.1. The molecule has 0 rings (SSSR count). The van der Waals surface area contributed by atoms with Gasteiger partial charge in [-0.05, 0) is 12.8 Å². The van der Waals surface area contributed by atoms with Gasteiger partial charge in [0.2, 0.25) is 5.91 Å². The Balaban J connectivity index is 3.49. The average Bonchev–Trinajstić information content (AvgIpc) is 2.86. The Morgan fingerprint density at radius 2 is 0.914 bits per heavy atom. The van der Waals surface area contributed by atoms with Crippen molar-refractivity contribution < 1.29 is 15.0 Å². The molecule has 1 amide bonds. The molecule has 0 radical (unpaired) electrons. The Morgan fingerprint density at radius 3 is 1.29 bits per heavy atom. The summed E-state index contributed by atoms with van der Waals surface area (Å²) in [6.45, 7) is 4.29. The minimum atomic E-state index is -0.648. The van der Waals surface area contributed by atoms with Gasteiger partial charge in [-0.3, -0.25) is 4.79 Å². The van der Waals surface area contributed by atoms with Gasteiger partial charge in [-0.2, -0.15) is 0 Å². The molecule has 0 aliphatic heterocycles. The molecular formula is C31H63NO3. The molecule has 0 saturated carbocycles. The molecule has 2 unspecified atom stereocenters. The van der Waals surface area contributed by atoms with Gasteiger partial charge in [0.05, 0.1) is 18.8 Å². The number of rotatable bonds is 28. The fourth-order valence-electron chi connectivity index (χ4n) is 4.89. The van der Waals surface area contributed by atoms with Crippen molar-refractivity contribution in [2.45, 2.75) is 187 Å². The number of carbonyl (C=O) groups is 1. The van der Waals surface area contributed by atoms with Crippen LogP contribution in [0, 0.1) is 0 Å². The Labute approximate surface area is 219 Å². The van der Waals surface area contributed by atoms with Crippen LogP contribution in [0.25, 0.3) is 0 Å². The highest BCUT2D eigenvalue weighted by molar-refractivity contribution is 5.76. The molecule has 2 atom stereocenters. The quantitative estimate of drug-likeness (QED) is 0.0947. The summed E-state index contributed by atoms with van der Waals surface area (Å²) in [5.74, 6) is -0.0407. The second kappa shape index (κ2) is 28.0. The second-order valence-corrected chi connectivity index (χ2v) is 10.9. The minimum absolute atomic E-state index is 0.0407. The predicted molar refractivity (Wildman–Crippen MR) is 152 cm³/mol. The van der Waals surface area contributed by atoms with Gasteiger partial charge < -0.3 is 15.5 Å². The molecule has 0 bridgehead atoms. The highest BCUT2D eigenvalue weighted by Crippen LogP contribution is 2.15. The van der Waals surface area contributed by atoms with E-state index in [9.17, 15) is 15.0 Å². The van der Waals surface area contributed by atoms with E-state index < -0.39 is 12.1 Å². The molecule has 0 aromatic heterocycles. The summed E-state index contributed by atoms with van der Waals surface area (Å²) in [6.07, 6.45) is 30.2. The Kier molecular flexibility index (Phi) is 27.5. The van der Waals surface area contributed by atoms with Crippen LogP contribution < -0.4 is 5.32 Å². The first-order chi connectivity index (χ1) is 17.2. The highest BCUT2D eigenvalue weighted by Gasteiger charge is 2.19. The summed E-state index contributed by atoms with van der Waals surface area (Å²) < 4.78 is 0. The number of carbonyl (C=O) groups excluding carboxylic acids is 1. The van der Waals surface area contributed by atoms with Crippen LogP contribution in [0.3, 0.4) is 0 Å². The van der Waals surface area contributed by atoms with Crippen molar-refractivity contribution in [1.29, 1.82) is 0 Å². The first-order valence-electron chi connectivity index (χ1n) is 15.7. The number of aliphatic hydroxyl groups excluding tert-OH is 2. The number of hydrogen-bond donors (Lipinski definition) is 3. The van der Waals surface area contributed by atoms with E-state index in [0.29, 0.717) is 12.8 Å². The maximum absolute atomic E-state index is 12.1. The third kappa shape index (κ3) is 24.8. The molecule has 210 valence electrons. The van der Waals surface area contributed by atoms with Gasteiger partial charge >= 0.3 is 0 Å². The summed E-state index contributed by atoms with van der Waals surface area (Å²) in [5, 5.41) is 22.8. The van der Waals surface area contributed by atoms with Crippen molar-refractivity contribution in [3.63, 3.8) is 0 Å². The van der Waals surface area contributed by atoms with Gasteiger partial charge in [-0.1, -0.05) is 155 Å². The summed E-state index contributed by atoms with van der Waals surface area (Å²) in [4.78, 5) is 12.1. The van der Waals surface area contributed by atoms with E-state index in [1.54, 1.807) is 0 Å². The van der Waals surface area contributed by atoms with E-state index in [-0.39, 0.29) is 12.5 Å². The fourth-order valence-corrected chi connectivity index (χ4v) is 4.89. The molecule has 0 saturated heterocycles. The van der Waals surface area contributed by atoms with Crippen molar-refractivity contribution in [3.8, 4) is 0 Å². The van der Waals surface area contributed by atoms with Crippen LogP contribution in [0.2, 0.25) is 0 Å². The summed E-state index contributed by atoms with van der Waals surface area (Å²) in [5.41, 5.74) is 0. The molecule has 0 aliphatic carbocycles. The first-order valence-corrected chi connectivity index (χ1v) is 15.7. The number of aliphatic hydroxyl groups is 2. The minimum Gasteiger partial charge on any atom is -0.394 e. The van der Waals surface area contributed by atoms with Crippen molar-refractivity contribution in [3.05, 3.63) is 0 Å². The predicted octanol–water partition coefficient (Wildman–Crippen LogP) is 8.62. The van der Waals surface area contributed by atoms with E-state index in [0.717, 1.165) is 25.7 Å². The lowest BCUT2D eigenvalue weighted by Gasteiger charge is -2.22. The van der Waals surface area contributed by atoms with Gasteiger partial charge in [0.15, 0.2) is 0 Å². The van der Waals surface area contributed by atoms with E-state index in [1.165, 1.54) is 122 Å². The summed E-state index contributed by atoms with van der Waals surface area (Å²) in [7, 11) is 0. The zero-order chi connectivity index (χ0) is 25.8. The van der Waals surface area contributed by atoms with E-state index in [4.69, 9.17) is 0 Å². The van der Waals surface area contributed by atoms with Crippen LogP contribution in [-0.2, 0) is 4.79 Å². The molecule has 3 N–H and O–H groups in total. The van der Waals surface area contributed by atoms with E-state index >= 15 is 0 Å². The lowest BCUT2D eigenvalue weighted by molar-refractivity contribution is -0.123. The van der Waals surface area contributed by atoms with Gasteiger partial charge in [0.1, 0.15) is 0 Å². The van der Waals surface area contributed by atoms with Gasteiger partial charge in [-0.15, -0.1) is 0 Å². The van der Waals surface area contributed by atoms with E-state index in [1.807, 2.05) is 0 Å². The van der Waals surface area contributed by atoms with E-state index in [2.05, 4.69) is 19.2 Å². The van der Waals surface area contributed by atoms with Crippen molar-refractivity contribution in [1.82, 2.24) is 5.32 Å². The van der Waals surface area contributed by atoms with Gasteiger partial charge in [0.25, 0.3) is 0 Å². The Morgan fingerprint density at radius 1 is 0.571 bits per heavy atom. The van der Waals surface area contributed by atoms with Crippen LogP contribution in [0.1, 0.15) is 174 Å². The number of hydrogen-bond acceptors (Lipinski definition) is 3. The molecule has 0 aromatic rings.